The lowest BCUT2D eigenvalue weighted by Crippen LogP contribution is -2.36. The van der Waals surface area contributed by atoms with Crippen molar-refractivity contribution in [3.05, 3.63) is 17.5 Å². The molecule has 0 fully saturated rings. The molecule has 1 heterocycles. The zero-order chi connectivity index (χ0) is 14.5. The number of likely N-dealkylation sites (N-methyl/N-ethyl adjacent to an activating group) is 1. The van der Waals surface area contributed by atoms with Crippen molar-refractivity contribution in [1.29, 1.82) is 0 Å². The van der Waals surface area contributed by atoms with Gasteiger partial charge in [-0.1, -0.05) is 13.8 Å². The highest BCUT2D eigenvalue weighted by Crippen LogP contribution is 2.23. The van der Waals surface area contributed by atoms with E-state index in [2.05, 4.69) is 10.4 Å². The van der Waals surface area contributed by atoms with Crippen molar-refractivity contribution in [1.82, 2.24) is 15.1 Å². The minimum absolute atomic E-state index is 0.355. The van der Waals surface area contributed by atoms with Gasteiger partial charge in [0.15, 0.2) is 0 Å². The molecule has 0 amide bonds. The first-order chi connectivity index (χ1) is 8.89. The van der Waals surface area contributed by atoms with Crippen molar-refractivity contribution >= 4 is 0 Å². The molecule has 19 heavy (non-hydrogen) atoms. The quantitative estimate of drug-likeness (QED) is 0.830. The topological polar surface area (TPSA) is 29.9 Å². The van der Waals surface area contributed by atoms with Crippen molar-refractivity contribution in [3.63, 3.8) is 0 Å². The summed E-state index contributed by atoms with van der Waals surface area (Å²) in [4.78, 5) is 0. The SMILES string of the molecule is CCNC(Cc1cc(CC)nn1CC)CC(F)(F)F. The fourth-order valence-electron chi connectivity index (χ4n) is 2.16. The van der Waals surface area contributed by atoms with Crippen LogP contribution in [0.25, 0.3) is 0 Å². The molecular formula is C13H22F3N3. The summed E-state index contributed by atoms with van der Waals surface area (Å²) >= 11 is 0. The predicted molar refractivity (Wildman–Crippen MR) is 69.1 cm³/mol. The van der Waals surface area contributed by atoms with Gasteiger partial charge in [-0.05, 0) is 26.0 Å². The van der Waals surface area contributed by atoms with Crippen molar-refractivity contribution < 1.29 is 13.2 Å². The highest BCUT2D eigenvalue weighted by Gasteiger charge is 2.32. The zero-order valence-electron chi connectivity index (χ0n) is 11.7. The molecule has 0 saturated carbocycles. The Balaban J connectivity index is 2.80. The first-order valence-corrected chi connectivity index (χ1v) is 6.75. The van der Waals surface area contributed by atoms with Gasteiger partial charge < -0.3 is 5.32 Å². The zero-order valence-corrected chi connectivity index (χ0v) is 11.7. The normalized spacial score (nSPS) is 13.8. The third kappa shape index (κ3) is 5.22. The van der Waals surface area contributed by atoms with Crippen LogP contribution in [0.15, 0.2) is 6.07 Å². The molecule has 1 atom stereocenters. The molecule has 3 nitrogen and oxygen atoms in total. The molecule has 1 aromatic heterocycles. The molecule has 1 unspecified atom stereocenters. The summed E-state index contributed by atoms with van der Waals surface area (Å²) in [5.41, 5.74) is 1.80. The number of aromatic nitrogens is 2. The number of hydrogen-bond donors (Lipinski definition) is 1. The Morgan fingerprint density at radius 3 is 2.47 bits per heavy atom. The molecule has 0 aliphatic heterocycles. The van der Waals surface area contributed by atoms with Gasteiger partial charge in [0.05, 0.1) is 12.1 Å². The number of nitrogens with one attached hydrogen (secondary N) is 1. The number of rotatable bonds is 7. The van der Waals surface area contributed by atoms with Crippen LogP contribution in [0.1, 0.15) is 38.6 Å². The Hall–Kier alpha value is -1.04. The molecule has 1 N–H and O–H groups in total. The minimum atomic E-state index is -4.14. The largest absolute Gasteiger partial charge is 0.390 e. The van der Waals surface area contributed by atoms with Crippen LogP contribution in [0.4, 0.5) is 13.2 Å². The molecule has 0 radical (unpaired) electrons. The maximum Gasteiger partial charge on any atom is 0.390 e. The molecule has 110 valence electrons. The maximum absolute atomic E-state index is 12.5. The van der Waals surface area contributed by atoms with Gasteiger partial charge in [-0.2, -0.15) is 18.3 Å². The van der Waals surface area contributed by atoms with E-state index in [9.17, 15) is 13.2 Å². The Bertz CT molecular complexity index is 385. The highest BCUT2D eigenvalue weighted by atomic mass is 19.4. The third-order valence-electron chi connectivity index (χ3n) is 3.00. The first kappa shape index (κ1) is 16.0. The maximum atomic E-state index is 12.5. The summed E-state index contributed by atoms with van der Waals surface area (Å²) in [6, 6.07) is 1.32. The van der Waals surface area contributed by atoms with Crippen LogP contribution in [0.3, 0.4) is 0 Å². The van der Waals surface area contributed by atoms with Gasteiger partial charge >= 0.3 is 6.18 Å². The van der Waals surface area contributed by atoms with Gasteiger partial charge in [0, 0.05) is 24.7 Å². The molecule has 0 aliphatic rings. The molecule has 1 rings (SSSR count). The number of halogens is 3. The van der Waals surface area contributed by atoms with Crippen molar-refractivity contribution in [2.45, 2.75) is 58.8 Å². The average molecular weight is 277 g/mol. The molecule has 0 bridgehead atoms. The van der Waals surface area contributed by atoms with Gasteiger partial charge in [0.1, 0.15) is 0 Å². The lowest BCUT2D eigenvalue weighted by molar-refractivity contribution is -0.139. The minimum Gasteiger partial charge on any atom is -0.314 e. The van der Waals surface area contributed by atoms with Crippen LogP contribution < -0.4 is 5.32 Å². The second-order valence-corrected chi connectivity index (χ2v) is 4.57. The van der Waals surface area contributed by atoms with E-state index in [1.165, 1.54) is 0 Å². The summed E-state index contributed by atoms with van der Waals surface area (Å²) < 4.78 is 39.4. The van der Waals surface area contributed by atoms with Crippen LogP contribution in [-0.2, 0) is 19.4 Å². The van der Waals surface area contributed by atoms with E-state index in [0.29, 0.717) is 19.5 Å². The number of hydrogen-bond acceptors (Lipinski definition) is 2. The number of aryl methyl sites for hydroxylation is 2. The molecule has 1 aromatic rings. The lowest BCUT2D eigenvalue weighted by Gasteiger charge is -2.19. The van der Waals surface area contributed by atoms with Gasteiger partial charge in [0.25, 0.3) is 0 Å². The smallest absolute Gasteiger partial charge is 0.314 e. The van der Waals surface area contributed by atoms with Crippen LogP contribution in [0, 0.1) is 0 Å². The summed E-state index contributed by atoms with van der Waals surface area (Å²) in [7, 11) is 0. The first-order valence-electron chi connectivity index (χ1n) is 6.75. The van der Waals surface area contributed by atoms with E-state index in [0.717, 1.165) is 17.8 Å². The molecule has 0 aromatic carbocycles. The van der Waals surface area contributed by atoms with Crippen molar-refractivity contribution in [2.24, 2.45) is 0 Å². The fourth-order valence-corrected chi connectivity index (χ4v) is 2.16. The highest BCUT2D eigenvalue weighted by molar-refractivity contribution is 5.12. The molecular weight excluding hydrogens is 255 g/mol. The van der Waals surface area contributed by atoms with E-state index < -0.39 is 18.6 Å². The summed E-state index contributed by atoms with van der Waals surface area (Å²) in [6.45, 7) is 6.96. The average Bonchev–Trinajstić information content (AvgIpc) is 2.69. The van der Waals surface area contributed by atoms with E-state index in [1.807, 2.05) is 26.8 Å². The van der Waals surface area contributed by atoms with Crippen LogP contribution in [-0.4, -0.2) is 28.5 Å². The Morgan fingerprint density at radius 1 is 1.32 bits per heavy atom. The molecule has 0 saturated heterocycles. The van der Waals surface area contributed by atoms with Gasteiger partial charge in [-0.25, -0.2) is 0 Å². The Morgan fingerprint density at radius 2 is 2.00 bits per heavy atom. The van der Waals surface area contributed by atoms with E-state index in [4.69, 9.17) is 0 Å². The van der Waals surface area contributed by atoms with E-state index in [1.54, 1.807) is 4.68 Å². The van der Waals surface area contributed by atoms with E-state index >= 15 is 0 Å². The van der Waals surface area contributed by atoms with Crippen LogP contribution in [0.5, 0.6) is 0 Å². The monoisotopic (exact) mass is 277 g/mol. The third-order valence-corrected chi connectivity index (χ3v) is 3.00. The van der Waals surface area contributed by atoms with Crippen molar-refractivity contribution in [3.8, 4) is 0 Å². The van der Waals surface area contributed by atoms with Gasteiger partial charge in [0.2, 0.25) is 0 Å². The second kappa shape index (κ2) is 6.93. The predicted octanol–water partition coefficient (Wildman–Crippen LogP) is 2.94. The molecule has 0 aliphatic carbocycles. The lowest BCUT2D eigenvalue weighted by atomic mass is 10.1. The van der Waals surface area contributed by atoms with E-state index in [-0.39, 0.29) is 0 Å². The number of alkyl halides is 3. The standard InChI is InChI=1S/C13H22F3N3/c1-4-10-7-12(19(6-3)18-10)8-11(17-5-2)9-13(14,15)16/h7,11,17H,4-6,8-9H2,1-3H3. The summed E-state index contributed by atoms with van der Waals surface area (Å²) in [6.07, 6.45) is -3.80. The second-order valence-electron chi connectivity index (χ2n) is 4.57. The molecule has 6 heteroatoms. The van der Waals surface area contributed by atoms with Crippen LogP contribution >= 0.6 is 0 Å². The summed E-state index contributed by atoms with van der Waals surface area (Å²) in [5, 5.41) is 7.27. The number of nitrogens with zero attached hydrogens (tertiary/aromatic N) is 2. The Labute approximate surface area is 112 Å². The van der Waals surface area contributed by atoms with Crippen molar-refractivity contribution in [2.75, 3.05) is 6.54 Å². The fraction of sp³-hybridized carbons (Fsp3) is 0.769. The van der Waals surface area contributed by atoms with Gasteiger partial charge in [-0.3, -0.25) is 4.68 Å². The summed E-state index contributed by atoms with van der Waals surface area (Å²) in [5.74, 6) is 0. The van der Waals surface area contributed by atoms with Gasteiger partial charge in [-0.15, -0.1) is 0 Å². The van der Waals surface area contributed by atoms with Crippen LogP contribution in [0.2, 0.25) is 0 Å². The molecule has 0 spiro atoms. The Kier molecular flexibility index (Phi) is 5.85.